The zero-order valence-electron chi connectivity index (χ0n) is 23.8. The number of hydrogen-bond donors (Lipinski definition) is 1. The summed E-state index contributed by atoms with van der Waals surface area (Å²) in [5.41, 5.74) is 4.99. The fraction of sp³-hybridized carbons (Fsp3) is 0.406. The van der Waals surface area contributed by atoms with Gasteiger partial charge in [-0.1, -0.05) is 42.8 Å². The number of halogens is 1. The summed E-state index contributed by atoms with van der Waals surface area (Å²) < 4.78 is 11.9. The number of anilines is 1. The predicted molar refractivity (Wildman–Crippen MR) is 159 cm³/mol. The van der Waals surface area contributed by atoms with Crippen LogP contribution in [0.4, 0.5) is 5.69 Å². The minimum Gasteiger partial charge on any atom is -0.493 e. The maximum absolute atomic E-state index is 13.8. The normalized spacial score (nSPS) is 16.7. The molecule has 0 bridgehead atoms. The van der Waals surface area contributed by atoms with Crippen LogP contribution in [0.1, 0.15) is 61.5 Å². The number of likely N-dealkylation sites (N-methyl/N-ethyl adjacent to an activating group) is 1. The van der Waals surface area contributed by atoms with Crippen LogP contribution in [0.15, 0.2) is 60.7 Å². The SMILES string of the molecule is CC[C@@H](C)Oc1cc2c(cc1OC)CC(=O)N(c1ccc(C(C)NCCN(C)C)cc1)C2c1ccc(Cl)cc1. The van der Waals surface area contributed by atoms with Crippen molar-refractivity contribution in [2.75, 3.05) is 39.2 Å². The Balaban J connectivity index is 1.74. The van der Waals surface area contributed by atoms with Gasteiger partial charge in [-0.15, -0.1) is 0 Å². The van der Waals surface area contributed by atoms with Crippen LogP contribution in [0.3, 0.4) is 0 Å². The molecule has 3 aromatic carbocycles. The Kier molecular flexibility index (Phi) is 9.54. The van der Waals surface area contributed by atoms with Crippen LogP contribution in [-0.4, -0.2) is 51.2 Å². The highest BCUT2D eigenvalue weighted by atomic mass is 35.5. The first-order chi connectivity index (χ1) is 18.7. The molecule has 0 aliphatic carbocycles. The molecule has 1 N–H and O–H groups in total. The first-order valence-corrected chi connectivity index (χ1v) is 14.0. The third-order valence-corrected chi connectivity index (χ3v) is 7.61. The van der Waals surface area contributed by atoms with E-state index in [0.29, 0.717) is 16.5 Å². The maximum Gasteiger partial charge on any atom is 0.232 e. The lowest BCUT2D eigenvalue weighted by molar-refractivity contribution is -0.118. The van der Waals surface area contributed by atoms with Crippen molar-refractivity contribution >= 4 is 23.2 Å². The topological polar surface area (TPSA) is 54.0 Å². The lowest BCUT2D eigenvalue weighted by atomic mass is 9.86. The molecule has 1 aliphatic rings. The first kappa shape index (κ1) is 28.9. The Morgan fingerprint density at radius 1 is 1.05 bits per heavy atom. The van der Waals surface area contributed by atoms with Gasteiger partial charge in [0.2, 0.25) is 5.91 Å². The van der Waals surface area contributed by atoms with E-state index in [0.717, 1.165) is 41.9 Å². The quantitative estimate of drug-likeness (QED) is 0.299. The highest BCUT2D eigenvalue weighted by Crippen LogP contribution is 2.44. The summed E-state index contributed by atoms with van der Waals surface area (Å²) in [7, 11) is 5.78. The van der Waals surface area contributed by atoms with Crippen LogP contribution in [0.25, 0.3) is 0 Å². The smallest absolute Gasteiger partial charge is 0.232 e. The molecule has 0 saturated heterocycles. The van der Waals surface area contributed by atoms with E-state index in [-0.39, 0.29) is 30.5 Å². The molecule has 208 valence electrons. The second-order valence-corrected chi connectivity index (χ2v) is 10.9. The first-order valence-electron chi connectivity index (χ1n) is 13.6. The number of rotatable bonds is 11. The van der Waals surface area contributed by atoms with Crippen LogP contribution in [0.2, 0.25) is 5.02 Å². The van der Waals surface area contributed by atoms with E-state index in [4.69, 9.17) is 21.1 Å². The molecule has 39 heavy (non-hydrogen) atoms. The molecule has 2 unspecified atom stereocenters. The molecule has 1 amide bonds. The number of carbonyl (C=O) groups is 1. The number of methoxy groups -OCH3 is 1. The number of ether oxygens (including phenoxy) is 2. The number of amides is 1. The lowest BCUT2D eigenvalue weighted by Crippen LogP contribution is -2.41. The summed E-state index contributed by atoms with van der Waals surface area (Å²) in [6.07, 6.45) is 1.19. The van der Waals surface area contributed by atoms with Crippen molar-refractivity contribution in [2.45, 2.75) is 51.8 Å². The van der Waals surface area contributed by atoms with E-state index in [1.54, 1.807) is 7.11 Å². The van der Waals surface area contributed by atoms with E-state index >= 15 is 0 Å². The van der Waals surface area contributed by atoms with Gasteiger partial charge in [0.1, 0.15) is 0 Å². The van der Waals surface area contributed by atoms with Crippen molar-refractivity contribution < 1.29 is 14.3 Å². The number of nitrogens with zero attached hydrogens (tertiary/aromatic N) is 2. The maximum atomic E-state index is 13.8. The van der Waals surface area contributed by atoms with Gasteiger partial charge in [0.15, 0.2) is 11.5 Å². The van der Waals surface area contributed by atoms with Crippen molar-refractivity contribution in [1.29, 1.82) is 0 Å². The summed E-state index contributed by atoms with van der Waals surface area (Å²) >= 11 is 6.25. The monoisotopic (exact) mass is 549 g/mol. The van der Waals surface area contributed by atoms with Crippen molar-refractivity contribution in [3.63, 3.8) is 0 Å². The van der Waals surface area contributed by atoms with Gasteiger partial charge in [0.25, 0.3) is 0 Å². The minimum absolute atomic E-state index is 0.0324. The highest BCUT2D eigenvalue weighted by molar-refractivity contribution is 6.30. The van der Waals surface area contributed by atoms with Crippen LogP contribution in [0, 0.1) is 0 Å². The molecule has 0 radical (unpaired) electrons. The van der Waals surface area contributed by atoms with E-state index < -0.39 is 0 Å². The van der Waals surface area contributed by atoms with Gasteiger partial charge < -0.3 is 24.6 Å². The largest absolute Gasteiger partial charge is 0.493 e. The third-order valence-electron chi connectivity index (χ3n) is 7.36. The fourth-order valence-electron chi connectivity index (χ4n) is 4.92. The van der Waals surface area contributed by atoms with E-state index in [2.05, 4.69) is 50.3 Å². The molecule has 6 nitrogen and oxygen atoms in total. The van der Waals surface area contributed by atoms with E-state index in [9.17, 15) is 4.79 Å². The molecule has 0 spiro atoms. The van der Waals surface area contributed by atoms with Gasteiger partial charge in [0.05, 0.1) is 25.7 Å². The second kappa shape index (κ2) is 12.9. The van der Waals surface area contributed by atoms with Crippen molar-refractivity contribution in [3.05, 3.63) is 87.9 Å². The van der Waals surface area contributed by atoms with E-state index in [1.165, 1.54) is 5.56 Å². The van der Waals surface area contributed by atoms with E-state index in [1.807, 2.05) is 60.4 Å². The predicted octanol–water partition coefficient (Wildman–Crippen LogP) is 6.42. The third kappa shape index (κ3) is 6.75. The molecule has 0 fully saturated rings. The number of benzene rings is 3. The van der Waals surface area contributed by atoms with Crippen LogP contribution >= 0.6 is 11.6 Å². The summed E-state index contributed by atoms with van der Waals surface area (Å²) in [6, 6.07) is 19.9. The average molecular weight is 550 g/mol. The van der Waals surface area contributed by atoms with Crippen molar-refractivity contribution in [3.8, 4) is 11.5 Å². The molecule has 0 aromatic heterocycles. The molecule has 0 saturated carbocycles. The summed E-state index contributed by atoms with van der Waals surface area (Å²) in [5, 5.41) is 4.22. The molecule has 4 rings (SSSR count). The van der Waals surface area contributed by atoms with Crippen LogP contribution in [-0.2, 0) is 11.2 Å². The van der Waals surface area contributed by atoms with Crippen LogP contribution < -0.4 is 19.7 Å². The van der Waals surface area contributed by atoms with Gasteiger partial charge in [-0.25, -0.2) is 0 Å². The molecular formula is C32H40ClN3O3. The Morgan fingerprint density at radius 3 is 2.36 bits per heavy atom. The second-order valence-electron chi connectivity index (χ2n) is 10.5. The minimum atomic E-state index is -0.329. The van der Waals surface area contributed by atoms with Gasteiger partial charge in [-0.05, 0) is 93.0 Å². The Morgan fingerprint density at radius 2 is 1.74 bits per heavy atom. The standard InChI is InChI=1S/C32H40ClN3O3/c1-7-21(2)39-30-20-28-25(18-29(30)38-6)19-31(37)36(32(28)24-8-12-26(33)13-9-24)27-14-10-23(11-15-27)22(3)34-16-17-35(4)5/h8-15,18,20-22,32,34H,7,16-17,19H2,1-6H3/t21-,22?,32?/m1/s1. The number of nitrogens with one attached hydrogen (secondary N) is 1. The van der Waals surface area contributed by atoms with Gasteiger partial charge in [-0.3, -0.25) is 4.79 Å². The molecule has 1 heterocycles. The lowest BCUT2D eigenvalue weighted by Gasteiger charge is -2.38. The molecular weight excluding hydrogens is 510 g/mol. The molecule has 3 aromatic rings. The molecule has 3 atom stereocenters. The Labute approximate surface area is 237 Å². The molecule has 1 aliphatic heterocycles. The summed E-state index contributed by atoms with van der Waals surface area (Å²) in [5.74, 6) is 1.36. The highest BCUT2D eigenvalue weighted by Gasteiger charge is 2.36. The van der Waals surface area contributed by atoms with Gasteiger partial charge >= 0.3 is 0 Å². The van der Waals surface area contributed by atoms with Crippen LogP contribution in [0.5, 0.6) is 11.5 Å². The number of carbonyl (C=O) groups excluding carboxylic acids is 1. The zero-order valence-corrected chi connectivity index (χ0v) is 24.6. The van der Waals surface area contributed by atoms with Crippen molar-refractivity contribution in [2.24, 2.45) is 0 Å². The van der Waals surface area contributed by atoms with Gasteiger partial charge in [0, 0.05) is 29.8 Å². The summed E-state index contributed by atoms with van der Waals surface area (Å²) in [6.45, 7) is 8.18. The summed E-state index contributed by atoms with van der Waals surface area (Å²) in [4.78, 5) is 17.8. The molecule has 7 heteroatoms. The van der Waals surface area contributed by atoms with Gasteiger partial charge in [-0.2, -0.15) is 0 Å². The zero-order chi connectivity index (χ0) is 28.1. The average Bonchev–Trinajstić information content (AvgIpc) is 2.92. The number of fused-ring (bicyclic) bond motifs is 1. The fourth-order valence-corrected chi connectivity index (χ4v) is 5.05. The van der Waals surface area contributed by atoms with Crippen molar-refractivity contribution in [1.82, 2.24) is 10.2 Å². The number of hydrogen-bond acceptors (Lipinski definition) is 5. The Bertz CT molecular complexity index is 1260. The Hall–Kier alpha value is -3.06.